The maximum absolute atomic E-state index is 12.1. The lowest BCUT2D eigenvalue weighted by Crippen LogP contribution is -2.36. The van der Waals surface area contributed by atoms with Gasteiger partial charge in [-0.15, -0.1) is 0 Å². The quantitative estimate of drug-likeness (QED) is 0.873. The number of benzene rings is 1. The van der Waals surface area contributed by atoms with Crippen molar-refractivity contribution in [2.45, 2.75) is 52.0 Å². The summed E-state index contributed by atoms with van der Waals surface area (Å²) >= 11 is 0. The molecule has 1 aliphatic rings. The summed E-state index contributed by atoms with van der Waals surface area (Å²) in [5, 5.41) is 3.25. The Balaban J connectivity index is 2.21. The van der Waals surface area contributed by atoms with Crippen LogP contribution in [0.5, 0.6) is 0 Å². The highest BCUT2D eigenvalue weighted by Gasteiger charge is 2.29. The van der Waals surface area contributed by atoms with E-state index in [2.05, 4.69) is 43.4 Å². The standard InChI is InChI=1S/C18H28N2O/c1-13-6-5-8-15(12-13)18(20-17(21)10-11-19)16-9-4-3-7-14(16)2/h3-4,7,9,13,15,18H,5-6,8,10-12,19H2,1-2H3,(H,20,21). The van der Waals surface area contributed by atoms with Gasteiger partial charge in [0.25, 0.3) is 0 Å². The third-order valence-corrected chi connectivity index (χ3v) is 4.66. The van der Waals surface area contributed by atoms with Crippen molar-refractivity contribution in [2.24, 2.45) is 17.6 Å². The highest BCUT2D eigenvalue weighted by molar-refractivity contribution is 5.76. The van der Waals surface area contributed by atoms with Gasteiger partial charge < -0.3 is 11.1 Å². The van der Waals surface area contributed by atoms with Crippen molar-refractivity contribution in [3.05, 3.63) is 35.4 Å². The van der Waals surface area contributed by atoms with Gasteiger partial charge in [0, 0.05) is 13.0 Å². The summed E-state index contributed by atoms with van der Waals surface area (Å²) in [6.07, 6.45) is 5.38. The fraction of sp³-hybridized carbons (Fsp3) is 0.611. The first kappa shape index (κ1) is 16.0. The van der Waals surface area contributed by atoms with E-state index in [-0.39, 0.29) is 11.9 Å². The van der Waals surface area contributed by atoms with Crippen LogP contribution in [0.2, 0.25) is 0 Å². The number of nitrogens with two attached hydrogens (primary N) is 1. The molecule has 3 atom stereocenters. The van der Waals surface area contributed by atoms with Gasteiger partial charge in [0.15, 0.2) is 0 Å². The van der Waals surface area contributed by atoms with Crippen LogP contribution in [0, 0.1) is 18.8 Å². The van der Waals surface area contributed by atoms with E-state index in [9.17, 15) is 4.79 Å². The fourth-order valence-corrected chi connectivity index (χ4v) is 3.55. The molecule has 0 saturated heterocycles. The van der Waals surface area contributed by atoms with Gasteiger partial charge in [0.2, 0.25) is 5.91 Å². The van der Waals surface area contributed by atoms with Crippen molar-refractivity contribution in [3.8, 4) is 0 Å². The molecule has 3 N–H and O–H groups in total. The van der Waals surface area contributed by atoms with Crippen LogP contribution in [0.25, 0.3) is 0 Å². The van der Waals surface area contributed by atoms with Gasteiger partial charge in [0.05, 0.1) is 6.04 Å². The first-order valence-electron chi connectivity index (χ1n) is 8.16. The topological polar surface area (TPSA) is 55.1 Å². The van der Waals surface area contributed by atoms with Gasteiger partial charge in [-0.25, -0.2) is 0 Å². The molecule has 3 unspecified atom stereocenters. The molecular weight excluding hydrogens is 260 g/mol. The van der Waals surface area contributed by atoms with E-state index in [0.717, 1.165) is 5.92 Å². The molecule has 1 aliphatic carbocycles. The zero-order chi connectivity index (χ0) is 15.2. The summed E-state index contributed by atoms with van der Waals surface area (Å²) in [5.74, 6) is 1.36. The molecule has 1 aromatic rings. The Morgan fingerprint density at radius 1 is 1.38 bits per heavy atom. The van der Waals surface area contributed by atoms with Gasteiger partial charge in [-0.05, 0) is 42.7 Å². The van der Waals surface area contributed by atoms with Crippen LogP contribution < -0.4 is 11.1 Å². The number of rotatable bonds is 5. The van der Waals surface area contributed by atoms with E-state index in [4.69, 9.17) is 5.73 Å². The van der Waals surface area contributed by atoms with Crippen LogP contribution in [0.1, 0.15) is 56.2 Å². The molecule has 21 heavy (non-hydrogen) atoms. The minimum Gasteiger partial charge on any atom is -0.349 e. The monoisotopic (exact) mass is 288 g/mol. The molecule has 0 aliphatic heterocycles. The lowest BCUT2D eigenvalue weighted by Gasteiger charge is -2.34. The third kappa shape index (κ3) is 4.31. The molecular formula is C18H28N2O. The Morgan fingerprint density at radius 2 is 2.14 bits per heavy atom. The second kappa shape index (κ2) is 7.60. The zero-order valence-electron chi connectivity index (χ0n) is 13.3. The SMILES string of the molecule is Cc1ccccc1C(NC(=O)CCN)C1CCCC(C)C1. The molecule has 1 saturated carbocycles. The molecule has 0 heterocycles. The summed E-state index contributed by atoms with van der Waals surface area (Å²) in [7, 11) is 0. The average Bonchev–Trinajstić information content (AvgIpc) is 2.46. The number of amides is 1. The van der Waals surface area contributed by atoms with Crippen LogP contribution in [0.3, 0.4) is 0 Å². The van der Waals surface area contributed by atoms with Gasteiger partial charge in [-0.1, -0.05) is 44.0 Å². The fourth-order valence-electron chi connectivity index (χ4n) is 3.55. The van der Waals surface area contributed by atoms with Crippen LogP contribution >= 0.6 is 0 Å². The van der Waals surface area contributed by atoms with Gasteiger partial charge in [-0.3, -0.25) is 4.79 Å². The number of carbonyl (C=O) groups is 1. The molecule has 3 heteroatoms. The molecule has 2 rings (SSSR count). The van der Waals surface area contributed by atoms with E-state index in [1.807, 2.05) is 0 Å². The van der Waals surface area contributed by atoms with E-state index in [1.165, 1.54) is 36.8 Å². The number of aryl methyl sites for hydroxylation is 1. The molecule has 3 nitrogen and oxygen atoms in total. The normalized spacial score (nSPS) is 23.6. The van der Waals surface area contributed by atoms with Crippen molar-refractivity contribution < 1.29 is 4.79 Å². The predicted octanol–water partition coefficient (Wildman–Crippen LogP) is 3.33. The predicted molar refractivity (Wildman–Crippen MR) is 86.9 cm³/mol. The number of carbonyl (C=O) groups excluding carboxylic acids is 1. The van der Waals surface area contributed by atoms with Crippen molar-refractivity contribution in [3.63, 3.8) is 0 Å². The summed E-state index contributed by atoms with van der Waals surface area (Å²) < 4.78 is 0. The number of nitrogens with one attached hydrogen (secondary N) is 1. The smallest absolute Gasteiger partial charge is 0.221 e. The molecule has 116 valence electrons. The Bertz CT molecular complexity index is 472. The number of hydrogen-bond acceptors (Lipinski definition) is 2. The lowest BCUT2D eigenvalue weighted by molar-refractivity contribution is -0.122. The molecule has 1 amide bonds. The molecule has 1 aromatic carbocycles. The minimum absolute atomic E-state index is 0.0731. The Labute approximate surface area is 128 Å². The summed E-state index contributed by atoms with van der Waals surface area (Å²) in [6.45, 7) is 4.86. The first-order valence-corrected chi connectivity index (χ1v) is 8.16. The second-order valence-electron chi connectivity index (χ2n) is 6.47. The summed E-state index contributed by atoms with van der Waals surface area (Å²) in [5.41, 5.74) is 8.04. The van der Waals surface area contributed by atoms with Gasteiger partial charge >= 0.3 is 0 Å². The Morgan fingerprint density at radius 3 is 2.81 bits per heavy atom. The van der Waals surface area contributed by atoms with Crippen LogP contribution in [-0.2, 0) is 4.79 Å². The minimum atomic E-state index is 0.0731. The summed E-state index contributed by atoms with van der Waals surface area (Å²) in [6, 6.07) is 8.54. The van der Waals surface area contributed by atoms with Crippen molar-refractivity contribution in [1.82, 2.24) is 5.32 Å². The Kier molecular flexibility index (Phi) is 5.80. The molecule has 0 spiro atoms. The maximum Gasteiger partial charge on any atom is 0.221 e. The molecule has 0 bridgehead atoms. The van der Waals surface area contributed by atoms with Crippen molar-refractivity contribution >= 4 is 5.91 Å². The second-order valence-corrected chi connectivity index (χ2v) is 6.47. The van der Waals surface area contributed by atoms with E-state index in [0.29, 0.717) is 18.9 Å². The lowest BCUT2D eigenvalue weighted by atomic mass is 9.76. The van der Waals surface area contributed by atoms with Crippen LogP contribution in [0.15, 0.2) is 24.3 Å². The van der Waals surface area contributed by atoms with Gasteiger partial charge in [0.1, 0.15) is 0 Å². The molecule has 0 radical (unpaired) electrons. The zero-order valence-corrected chi connectivity index (χ0v) is 13.3. The largest absolute Gasteiger partial charge is 0.349 e. The molecule has 0 aromatic heterocycles. The van der Waals surface area contributed by atoms with Crippen molar-refractivity contribution in [1.29, 1.82) is 0 Å². The highest BCUT2D eigenvalue weighted by atomic mass is 16.1. The van der Waals surface area contributed by atoms with Gasteiger partial charge in [-0.2, -0.15) is 0 Å². The Hall–Kier alpha value is -1.35. The van der Waals surface area contributed by atoms with Crippen molar-refractivity contribution in [2.75, 3.05) is 6.54 Å². The van der Waals surface area contributed by atoms with Crippen LogP contribution in [0.4, 0.5) is 0 Å². The number of hydrogen-bond donors (Lipinski definition) is 2. The molecule has 1 fully saturated rings. The van der Waals surface area contributed by atoms with Crippen LogP contribution in [-0.4, -0.2) is 12.5 Å². The first-order chi connectivity index (χ1) is 10.1. The van der Waals surface area contributed by atoms with E-state index >= 15 is 0 Å². The summed E-state index contributed by atoms with van der Waals surface area (Å²) in [4.78, 5) is 12.1. The van der Waals surface area contributed by atoms with E-state index in [1.54, 1.807) is 0 Å². The average molecular weight is 288 g/mol. The van der Waals surface area contributed by atoms with E-state index < -0.39 is 0 Å². The maximum atomic E-state index is 12.1. The third-order valence-electron chi connectivity index (χ3n) is 4.66. The highest BCUT2D eigenvalue weighted by Crippen LogP contribution is 2.38.